The zero-order chi connectivity index (χ0) is 11.3. The van der Waals surface area contributed by atoms with Gasteiger partial charge in [0.15, 0.2) is 0 Å². The van der Waals surface area contributed by atoms with E-state index in [0.29, 0.717) is 18.1 Å². The third-order valence-corrected chi connectivity index (χ3v) is 2.38. The molecule has 0 aliphatic carbocycles. The van der Waals surface area contributed by atoms with Crippen molar-refractivity contribution >= 4 is 17.6 Å². The van der Waals surface area contributed by atoms with Crippen molar-refractivity contribution in [1.82, 2.24) is 0 Å². The first-order valence-electron chi connectivity index (χ1n) is 4.90. The van der Waals surface area contributed by atoms with E-state index in [4.69, 9.17) is 16.3 Å². The molecule has 1 radical (unpaired) electrons. The van der Waals surface area contributed by atoms with Gasteiger partial charge in [0.2, 0.25) is 0 Å². The molecule has 1 aromatic rings. The predicted molar refractivity (Wildman–Crippen MR) is 60.8 cm³/mol. The summed E-state index contributed by atoms with van der Waals surface area (Å²) in [5.74, 6) is -0.517. The minimum atomic E-state index is -0.290. The number of carbonyl (C=O) groups excluding carboxylic acids is 1. The second-order valence-corrected chi connectivity index (χ2v) is 3.58. The molecule has 0 aliphatic heterocycles. The second-order valence-electron chi connectivity index (χ2n) is 3.14. The molecule has 1 rings (SSSR count). The third kappa shape index (κ3) is 3.24. The summed E-state index contributed by atoms with van der Waals surface area (Å²) >= 11 is 5.77. The van der Waals surface area contributed by atoms with E-state index in [-0.39, 0.29) is 11.9 Å². The van der Waals surface area contributed by atoms with Crippen LogP contribution in [-0.2, 0) is 9.53 Å². The van der Waals surface area contributed by atoms with Gasteiger partial charge in [0.25, 0.3) is 0 Å². The molecule has 0 heterocycles. The van der Waals surface area contributed by atoms with Crippen LogP contribution >= 0.6 is 11.6 Å². The Kier molecular flexibility index (Phi) is 4.63. The van der Waals surface area contributed by atoms with Crippen LogP contribution in [0.25, 0.3) is 0 Å². The van der Waals surface area contributed by atoms with Gasteiger partial charge in [-0.15, -0.1) is 0 Å². The standard InChI is InChI=1S/C12H14ClO2/c1-3-11(12(14)15-4-2)9-5-7-10(13)8-6-9/h5-8,11H,1,3-4H2,2H3. The number of hydrogen-bond donors (Lipinski definition) is 0. The van der Waals surface area contributed by atoms with Crippen LogP contribution in [0, 0.1) is 6.92 Å². The van der Waals surface area contributed by atoms with Crippen LogP contribution in [0.4, 0.5) is 0 Å². The molecular formula is C12H14ClO2. The Hall–Kier alpha value is -1.02. The highest BCUT2D eigenvalue weighted by molar-refractivity contribution is 6.30. The molecule has 1 unspecified atom stereocenters. The molecule has 0 spiro atoms. The summed E-state index contributed by atoms with van der Waals surface area (Å²) in [6.07, 6.45) is 0.487. The van der Waals surface area contributed by atoms with Gasteiger partial charge in [0.1, 0.15) is 0 Å². The quantitative estimate of drug-likeness (QED) is 0.736. The maximum Gasteiger partial charge on any atom is 0.313 e. The van der Waals surface area contributed by atoms with Crippen LogP contribution in [-0.4, -0.2) is 12.6 Å². The van der Waals surface area contributed by atoms with Crippen molar-refractivity contribution in [2.24, 2.45) is 0 Å². The van der Waals surface area contributed by atoms with Crippen LogP contribution in [0.2, 0.25) is 5.02 Å². The number of benzene rings is 1. The number of halogens is 1. The van der Waals surface area contributed by atoms with Gasteiger partial charge in [-0.05, 0) is 31.0 Å². The summed E-state index contributed by atoms with van der Waals surface area (Å²) in [4.78, 5) is 11.6. The highest BCUT2D eigenvalue weighted by Gasteiger charge is 2.19. The maximum absolute atomic E-state index is 11.6. The molecule has 0 N–H and O–H groups in total. The molecule has 15 heavy (non-hydrogen) atoms. The van der Waals surface area contributed by atoms with Crippen LogP contribution in [0.1, 0.15) is 24.8 Å². The van der Waals surface area contributed by atoms with Crippen molar-refractivity contribution in [3.8, 4) is 0 Å². The van der Waals surface area contributed by atoms with Gasteiger partial charge in [-0.2, -0.15) is 0 Å². The lowest BCUT2D eigenvalue weighted by Crippen LogP contribution is -2.15. The van der Waals surface area contributed by atoms with Crippen molar-refractivity contribution in [2.75, 3.05) is 6.61 Å². The summed E-state index contributed by atoms with van der Waals surface area (Å²) in [5.41, 5.74) is 0.896. The SMILES string of the molecule is [CH2]CC(C(=O)OCC)c1ccc(Cl)cc1. The average Bonchev–Trinajstić information content (AvgIpc) is 2.22. The fraction of sp³-hybridized carbons (Fsp3) is 0.333. The van der Waals surface area contributed by atoms with Crippen molar-refractivity contribution in [3.63, 3.8) is 0 Å². The number of esters is 1. The molecule has 0 bridgehead atoms. The molecule has 3 heteroatoms. The van der Waals surface area contributed by atoms with Crippen LogP contribution < -0.4 is 0 Å². The van der Waals surface area contributed by atoms with Crippen molar-refractivity contribution in [1.29, 1.82) is 0 Å². The smallest absolute Gasteiger partial charge is 0.313 e. The van der Waals surface area contributed by atoms with Gasteiger partial charge in [0.05, 0.1) is 12.5 Å². The number of ether oxygens (including phenoxy) is 1. The Morgan fingerprint density at radius 1 is 1.47 bits per heavy atom. The maximum atomic E-state index is 11.6. The van der Waals surface area contributed by atoms with Gasteiger partial charge in [-0.25, -0.2) is 0 Å². The minimum Gasteiger partial charge on any atom is -0.466 e. The fourth-order valence-electron chi connectivity index (χ4n) is 1.36. The Bertz CT molecular complexity index is 319. The summed E-state index contributed by atoms with van der Waals surface area (Å²) < 4.78 is 4.97. The first kappa shape index (κ1) is 12.1. The van der Waals surface area contributed by atoms with Gasteiger partial charge in [-0.3, -0.25) is 4.79 Å². The summed E-state index contributed by atoms with van der Waals surface area (Å²) in [6, 6.07) is 7.18. The molecule has 0 saturated carbocycles. The predicted octanol–water partition coefficient (Wildman–Crippen LogP) is 3.21. The van der Waals surface area contributed by atoms with E-state index in [2.05, 4.69) is 6.92 Å². The molecular weight excluding hydrogens is 212 g/mol. The van der Waals surface area contributed by atoms with E-state index >= 15 is 0 Å². The van der Waals surface area contributed by atoms with Crippen LogP contribution in [0.5, 0.6) is 0 Å². The number of carbonyl (C=O) groups is 1. The Labute approximate surface area is 95.2 Å². The largest absolute Gasteiger partial charge is 0.466 e. The molecule has 81 valence electrons. The van der Waals surface area contributed by atoms with Crippen molar-refractivity contribution < 1.29 is 9.53 Å². The molecule has 0 fully saturated rings. The van der Waals surface area contributed by atoms with E-state index in [1.54, 1.807) is 19.1 Å². The molecule has 0 aliphatic rings. The summed E-state index contributed by atoms with van der Waals surface area (Å²) in [7, 11) is 0. The first-order valence-corrected chi connectivity index (χ1v) is 5.28. The molecule has 0 amide bonds. The van der Waals surface area contributed by atoms with E-state index in [9.17, 15) is 4.79 Å². The Morgan fingerprint density at radius 3 is 2.53 bits per heavy atom. The van der Waals surface area contributed by atoms with E-state index in [1.807, 2.05) is 12.1 Å². The summed E-state index contributed by atoms with van der Waals surface area (Å²) in [6.45, 7) is 5.94. The zero-order valence-electron chi connectivity index (χ0n) is 8.70. The molecule has 0 saturated heterocycles. The van der Waals surface area contributed by atoms with Gasteiger partial charge < -0.3 is 4.74 Å². The lowest BCUT2D eigenvalue weighted by Gasteiger charge is -2.13. The Balaban J connectivity index is 2.82. The van der Waals surface area contributed by atoms with E-state index in [0.717, 1.165) is 5.56 Å². The number of rotatable bonds is 4. The summed E-state index contributed by atoms with van der Waals surface area (Å²) in [5, 5.41) is 0.658. The van der Waals surface area contributed by atoms with Crippen molar-refractivity contribution in [2.45, 2.75) is 19.3 Å². The second kappa shape index (κ2) is 5.76. The number of hydrogen-bond acceptors (Lipinski definition) is 2. The lowest BCUT2D eigenvalue weighted by atomic mass is 9.97. The highest BCUT2D eigenvalue weighted by atomic mass is 35.5. The van der Waals surface area contributed by atoms with E-state index < -0.39 is 0 Å². The van der Waals surface area contributed by atoms with E-state index in [1.165, 1.54) is 0 Å². The fourth-order valence-corrected chi connectivity index (χ4v) is 1.48. The van der Waals surface area contributed by atoms with Gasteiger partial charge in [-0.1, -0.05) is 30.7 Å². The zero-order valence-corrected chi connectivity index (χ0v) is 9.46. The van der Waals surface area contributed by atoms with Crippen molar-refractivity contribution in [3.05, 3.63) is 41.8 Å². The Morgan fingerprint density at radius 2 is 2.07 bits per heavy atom. The minimum absolute atomic E-state index is 0.227. The lowest BCUT2D eigenvalue weighted by molar-refractivity contribution is -0.144. The molecule has 2 nitrogen and oxygen atoms in total. The normalized spacial score (nSPS) is 12.2. The molecule has 1 atom stereocenters. The topological polar surface area (TPSA) is 26.3 Å². The highest BCUT2D eigenvalue weighted by Crippen LogP contribution is 2.22. The van der Waals surface area contributed by atoms with Gasteiger partial charge in [0, 0.05) is 5.02 Å². The first-order chi connectivity index (χ1) is 7.19. The third-order valence-electron chi connectivity index (χ3n) is 2.13. The monoisotopic (exact) mass is 225 g/mol. The average molecular weight is 226 g/mol. The molecule has 0 aromatic heterocycles. The van der Waals surface area contributed by atoms with Crippen LogP contribution in [0.15, 0.2) is 24.3 Å². The molecule has 1 aromatic carbocycles. The van der Waals surface area contributed by atoms with Crippen LogP contribution in [0.3, 0.4) is 0 Å². The van der Waals surface area contributed by atoms with Gasteiger partial charge >= 0.3 is 5.97 Å².